The lowest BCUT2D eigenvalue weighted by molar-refractivity contribution is -0.139. The van der Waals surface area contributed by atoms with Gasteiger partial charge in [0.25, 0.3) is 0 Å². The van der Waals surface area contributed by atoms with E-state index < -0.39 is 18.0 Å². The summed E-state index contributed by atoms with van der Waals surface area (Å²) in [7, 11) is 0. The molecule has 0 unspecified atom stereocenters. The third-order valence-electron chi connectivity index (χ3n) is 6.85. The van der Waals surface area contributed by atoms with E-state index in [1.807, 2.05) is 6.08 Å². The molecule has 4 N–H and O–H groups in total. The molecule has 0 aromatic heterocycles. The van der Waals surface area contributed by atoms with Gasteiger partial charge < -0.3 is 20.8 Å². The molecule has 1 aliphatic rings. The molecule has 1 rings (SSSR count). The molecule has 0 aromatic rings. The van der Waals surface area contributed by atoms with E-state index in [1.54, 1.807) is 0 Å². The molecule has 0 fully saturated rings. The standard InChI is InChI=1S/C29H52N2O5/c32-27(30-24-18-17-19-26(29(35)36)31-25-22-23-25)20-15-13-11-9-7-5-3-1-2-4-6-8-10-12-14-16-21-28(33)34/h22,26,31H,1-21,23-24H2,(H,30,32)(H,33,34)(H,35,36)/t26-/m0/s1. The number of hydrogen-bond acceptors (Lipinski definition) is 4. The fraction of sp³-hybridized carbons (Fsp3) is 0.828. The number of amides is 1. The van der Waals surface area contributed by atoms with Crippen molar-refractivity contribution in [3.63, 3.8) is 0 Å². The van der Waals surface area contributed by atoms with Crippen LogP contribution >= 0.6 is 0 Å². The molecule has 7 nitrogen and oxygen atoms in total. The van der Waals surface area contributed by atoms with E-state index in [-0.39, 0.29) is 5.91 Å². The molecule has 0 aromatic carbocycles. The van der Waals surface area contributed by atoms with Crippen LogP contribution in [0.2, 0.25) is 0 Å². The number of hydrogen-bond donors (Lipinski definition) is 4. The number of rotatable bonds is 27. The van der Waals surface area contributed by atoms with Crippen molar-refractivity contribution in [1.82, 2.24) is 10.6 Å². The number of carboxylic acid groups (broad SMARTS) is 2. The summed E-state index contributed by atoms with van der Waals surface area (Å²) in [5.74, 6) is -1.37. The lowest BCUT2D eigenvalue weighted by Crippen LogP contribution is -2.34. The highest BCUT2D eigenvalue weighted by Crippen LogP contribution is 2.17. The van der Waals surface area contributed by atoms with Crippen LogP contribution in [0.3, 0.4) is 0 Å². The molecule has 1 aliphatic carbocycles. The topological polar surface area (TPSA) is 116 Å². The molecule has 36 heavy (non-hydrogen) atoms. The highest BCUT2D eigenvalue weighted by molar-refractivity contribution is 5.75. The first-order valence-corrected chi connectivity index (χ1v) is 14.7. The maximum atomic E-state index is 11.9. The molecular formula is C29H52N2O5. The van der Waals surface area contributed by atoms with E-state index in [0.29, 0.717) is 25.8 Å². The van der Waals surface area contributed by atoms with Crippen molar-refractivity contribution in [2.24, 2.45) is 0 Å². The Morgan fingerprint density at radius 1 is 0.667 bits per heavy atom. The van der Waals surface area contributed by atoms with Gasteiger partial charge in [-0.3, -0.25) is 9.59 Å². The van der Waals surface area contributed by atoms with Crippen molar-refractivity contribution in [3.05, 3.63) is 11.8 Å². The number of unbranched alkanes of at least 4 members (excludes halogenated alkanes) is 16. The predicted octanol–water partition coefficient (Wildman–Crippen LogP) is 6.71. The highest BCUT2D eigenvalue weighted by Gasteiger charge is 2.20. The maximum absolute atomic E-state index is 11.9. The van der Waals surface area contributed by atoms with Crippen LogP contribution in [-0.4, -0.2) is 40.6 Å². The molecule has 0 radical (unpaired) electrons. The zero-order chi connectivity index (χ0) is 26.3. The molecule has 0 saturated carbocycles. The average molecular weight is 509 g/mol. The predicted molar refractivity (Wildman–Crippen MR) is 145 cm³/mol. The molecule has 7 heteroatoms. The van der Waals surface area contributed by atoms with E-state index in [2.05, 4.69) is 10.6 Å². The third-order valence-corrected chi connectivity index (χ3v) is 6.85. The Balaban J connectivity index is 1.75. The number of carbonyl (C=O) groups is 3. The van der Waals surface area contributed by atoms with Gasteiger partial charge in [0.2, 0.25) is 5.91 Å². The molecule has 0 aliphatic heterocycles. The Morgan fingerprint density at radius 3 is 1.53 bits per heavy atom. The van der Waals surface area contributed by atoms with Crippen LogP contribution in [0.15, 0.2) is 11.8 Å². The van der Waals surface area contributed by atoms with E-state index in [4.69, 9.17) is 5.11 Å². The minimum atomic E-state index is -0.808. The van der Waals surface area contributed by atoms with Crippen molar-refractivity contribution in [2.75, 3.05) is 6.54 Å². The van der Waals surface area contributed by atoms with Crippen LogP contribution in [0.5, 0.6) is 0 Å². The fourth-order valence-corrected chi connectivity index (χ4v) is 4.48. The van der Waals surface area contributed by atoms with Crippen LogP contribution in [0.25, 0.3) is 0 Å². The summed E-state index contributed by atoms with van der Waals surface area (Å²) in [4.78, 5) is 33.6. The van der Waals surface area contributed by atoms with Crippen LogP contribution < -0.4 is 10.6 Å². The van der Waals surface area contributed by atoms with Crippen molar-refractivity contribution in [3.8, 4) is 0 Å². The zero-order valence-corrected chi connectivity index (χ0v) is 22.5. The van der Waals surface area contributed by atoms with Crippen LogP contribution in [0.1, 0.15) is 141 Å². The quantitative estimate of drug-likeness (QED) is 0.0917. The van der Waals surface area contributed by atoms with Gasteiger partial charge in [-0.1, -0.05) is 96.0 Å². The molecule has 0 saturated heterocycles. The maximum Gasteiger partial charge on any atom is 0.326 e. The second kappa shape index (κ2) is 22.2. The van der Waals surface area contributed by atoms with Crippen LogP contribution in [-0.2, 0) is 14.4 Å². The number of carboxylic acids is 2. The molecule has 0 bridgehead atoms. The number of allylic oxidation sites excluding steroid dienone is 2. The van der Waals surface area contributed by atoms with Gasteiger partial charge in [-0.15, -0.1) is 0 Å². The summed E-state index contributed by atoms with van der Waals surface area (Å²) in [6, 6.07) is -0.514. The SMILES string of the molecule is O=C(O)CCCCCCCCCCCCCCCCCCC(=O)NCCCC[C@H](NC1=CC1)C(=O)O. The van der Waals surface area contributed by atoms with Gasteiger partial charge in [-0.2, -0.15) is 0 Å². The summed E-state index contributed by atoms with van der Waals surface area (Å²) in [6.07, 6.45) is 25.3. The molecular weight excluding hydrogens is 456 g/mol. The first-order valence-electron chi connectivity index (χ1n) is 14.7. The van der Waals surface area contributed by atoms with Gasteiger partial charge in [0.1, 0.15) is 6.04 Å². The van der Waals surface area contributed by atoms with Crippen molar-refractivity contribution in [1.29, 1.82) is 0 Å². The van der Waals surface area contributed by atoms with Crippen molar-refractivity contribution in [2.45, 2.75) is 147 Å². The highest BCUT2D eigenvalue weighted by atomic mass is 16.4. The molecule has 0 heterocycles. The van der Waals surface area contributed by atoms with Crippen LogP contribution in [0, 0.1) is 0 Å². The summed E-state index contributed by atoms with van der Waals surface area (Å²) in [5, 5.41) is 23.8. The number of aliphatic carboxylic acids is 2. The largest absolute Gasteiger partial charge is 0.481 e. The summed E-state index contributed by atoms with van der Waals surface area (Å²) in [6.45, 7) is 0.627. The third kappa shape index (κ3) is 21.3. The first kappa shape index (κ1) is 32.0. The second-order valence-electron chi connectivity index (χ2n) is 10.4. The first-order chi connectivity index (χ1) is 17.5. The minimum absolute atomic E-state index is 0.115. The Morgan fingerprint density at radius 2 is 1.11 bits per heavy atom. The number of carbonyl (C=O) groups excluding carboxylic acids is 1. The average Bonchev–Trinajstić information content (AvgIpc) is 3.66. The zero-order valence-electron chi connectivity index (χ0n) is 22.5. The molecule has 0 spiro atoms. The van der Waals surface area contributed by atoms with Gasteiger partial charge in [0.15, 0.2) is 0 Å². The Hall–Kier alpha value is -2.05. The van der Waals surface area contributed by atoms with Crippen molar-refractivity contribution < 1.29 is 24.6 Å². The Bertz CT molecular complexity index is 635. The Kier molecular flexibility index (Phi) is 19.7. The monoisotopic (exact) mass is 508 g/mol. The summed E-state index contributed by atoms with van der Waals surface area (Å²) in [5.41, 5.74) is 1.03. The lowest BCUT2D eigenvalue weighted by atomic mass is 10.0. The summed E-state index contributed by atoms with van der Waals surface area (Å²) < 4.78 is 0. The van der Waals surface area contributed by atoms with E-state index in [9.17, 15) is 19.5 Å². The van der Waals surface area contributed by atoms with Crippen LogP contribution in [0.4, 0.5) is 0 Å². The van der Waals surface area contributed by atoms with E-state index in [0.717, 1.165) is 50.6 Å². The minimum Gasteiger partial charge on any atom is -0.481 e. The van der Waals surface area contributed by atoms with Gasteiger partial charge >= 0.3 is 11.9 Å². The van der Waals surface area contributed by atoms with E-state index in [1.165, 1.54) is 77.0 Å². The normalized spacial score (nSPS) is 13.2. The molecule has 1 atom stereocenters. The van der Waals surface area contributed by atoms with Gasteiger partial charge in [0.05, 0.1) is 0 Å². The fourth-order valence-electron chi connectivity index (χ4n) is 4.48. The smallest absolute Gasteiger partial charge is 0.326 e. The number of nitrogens with one attached hydrogen (secondary N) is 2. The van der Waals surface area contributed by atoms with Crippen molar-refractivity contribution >= 4 is 17.8 Å². The van der Waals surface area contributed by atoms with Gasteiger partial charge in [-0.05, 0) is 32.1 Å². The Labute approximate surface area is 218 Å². The lowest BCUT2D eigenvalue weighted by Gasteiger charge is -2.13. The van der Waals surface area contributed by atoms with Gasteiger partial charge in [0, 0.05) is 31.5 Å². The second-order valence-corrected chi connectivity index (χ2v) is 10.4. The van der Waals surface area contributed by atoms with E-state index >= 15 is 0 Å². The summed E-state index contributed by atoms with van der Waals surface area (Å²) >= 11 is 0. The van der Waals surface area contributed by atoms with Gasteiger partial charge in [-0.25, -0.2) is 4.79 Å². The molecule has 1 amide bonds. The molecule has 208 valence electrons.